The third-order valence-electron chi connectivity index (χ3n) is 5.76. The molecule has 0 amide bonds. The minimum Gasteiger partial charge on any atom is -0.382 e. The lowest BCUT2D eigenvalue weighted by Crippen LogP contribution is -2.49. The third kappa shape index (κ3) is 8.24. The Hall–Kier alpha value is -2.45. The molecule has 32 heavy (non-hydrogen) atoms. The number of benzene rings is 1. The fourth-order valence-electron chi connectivity index (χ4n) is 3.96. The fraction of sp³-hybridized carbons (Fsp3) is 0.625. The summed E-state index contributed by atoms with van der Waals surface area (Å²) in [5, 5.41) is 15.4. The minimum atomic E-state index is 0.446. The van der Waals surface area contributed by atoms with Crippen LogP contribution in [0.4, 0.5) is 0 Å². The predicted molar refractivity (Wildman–Crippen MR) is 129 cm³/mol. The first-order chi connectivity index (χ1) is 15.8. The van der Waals surface area contributed by atoms with Gasteiger partial charge in [-0.3, -0.25) is 9.89 Å². The quantitative estimate of drug-likeness (QED) is 0.299. The van der Waals surface area contributed by atoms with Crippen LogP contribution in [0.3, 0.4) is 0 Å². The SMILES string of the molecule is CCOCCCN=C(NCCn1cnnc1CC)NC1CCN(Cc2ccccc2)CC1. The van der Waals surface area contributed by atoms with E-state index in [0.717, 1.165) is 89.9 Å². The van der Waals surface area contributed by atoms with Gasteiger partial charge in [0.15, 0.2) is 5.96 Å². The number of guanidine groups is 1. The van der Waals surface area contributed by atoms with Crippen molar-refractivity contribution in [2.75, 3.05) is 39.4 Å². The van der Waals surface area contributed by atoms with E-state index in [1.165, 1.54) is 5.56 Å². The van der Waals surface area contributed by atoms with Crippen LogP contribution >= 0.6 is 0 Å². The lowest BCUT2D eigenvalue weighted by Gasteiger charge is -2.33. The molecule has 0 spiro atoms. The maximum Gasteiger partial charge on any atom is 0.191 e. The third-order valence-corrected chi connectivity index (χ3v) is 5.76. The highest BCUT2D eigenvalue weighted by atomic mass is 16.5. The minimum absolute atomic E-state index is 0.446. The van der Waals surface area contributed by atoms with Crippen LogP contribution in [0.25, 0.3) is 0 Å². The first-order valence-electron chi connectivity index (χ1n) is 12.0. The molecule has 1 aliphatic rings. The molecule has 0 atom stereocenters. The Balaban J connectivity index is 1.46. The van der Waals surface area contributed by atoms with Gasteiger partial charge in [-0.05, 0) is 31.7 Å². The number of aromatic nitrogens is 3. The van der Waals surface area contributed by atoms with Gasteiger partial charge in [-0.2, -0.15) is 0 Å². The van der Waals surface area contributed by atoms with E-state index in [-0.39, 0.29) is 0 Å². The molecule has 0 saturated carbocycles. The van der Waals surface area contributed by atoms with Gasteiger partial charge in [-0.15, -0.1) is 10.2 Å². The van der Waals surface area contributed by atoms with Gasteiger partial charge >= 0.3 is 0 Å². The number of aliphatic imine (C=N–C) groups is 1. The van der Waals surface area contributed by atoms with E-state index in [9.17, 15) is 0 Å². The smallest absolute Gasteiger partial charge is 0.191 e. The molecule has 0 unspecified atom stereocenters. The summed E-state index contributed by atoms with van der Waals surface area (Å²) in [5.74, 6) is 1.91. The van der Waals surface area contributed by atoms with E-state index in [4.69, 9.17) is 9.73 Å². The highest BCUT2D eigenvalue weighted by molar-refractivity contribution is 5.80. The van der Waals surface area contributed by atoms with Gasteiger partial charge in [0.1, 0.15) is 12.2 Å². The zero-order valence-electron chi connectivity index (χ0n) is 19.7. The molecule has 176 valence electrons. The van der Waals surface area contributed by atoms with Gasteiger partial charge in [-0.1, -0.05) is 37.3 Å². The zero-order chi connectivity index (χ0) is 22.4. The van der Waals surface area contributed by atoms with Crippen LogP contribution in [0.15, 0.2) is 41.7 Å². The van der Waals surface area contributed by atoms with Crippen molar-refractivity contribution in [3.8, 4) is 0 Å². The van der Waals surface area contributed by atoms with Crippen molar-refractivity contribution in [2.45, 2.75) is 58.7 Å². The van der Waals surface area contributed by atoms with E-state index in [1.807, 2.05) is 6.92 Å². The van der Waals surface area contributed by atoms with Crippen LogP contribution < -0.4 is 10.6 Å². The zero-order valence-corrected chi connectivity index (χ0v) is 19.7. The van der Waals surface area contributed by atoms with Gasteiger partial charge in [0, 0.05) is 64.9 Å². The number of nitrogens with one attached hydrogen (secondary N) is 2. The van der Waals surface area contributed by atoms with Crippen molar-refractivity contribution >= 4 is 5.96 Å². The highest BCUT2D eigenvalue weighted by Crippen LogP contribution is 2.13. The number of nitrogens with zero attached hydrogens (tertiary/aromatic N) is 5. The van der Waals surface area contributed by atoms with Crippen LogP contribution in [-0.2, 0) is 24.2 Å². The molecular formula is C24H39N7O. The van der Waals surface area contributed by atoms with Crippen LogP contribution in [0.2, 0.25) is 0 Å². The fourth-order valence-corrected chi connectivity index (χ4v) is 3.96. The molecule has 8 heteroatoms. The topological polar surface area (TPSA) is 79.6 Å². The molecule has 8 nitrogen and oxygen atoms in total. The number of aryl methyl sites for hydroxylation is 1. The Morgan fingerprint density at radius 2 is 2.00 bits per heavy atom. The molecule has 2 heterocycles. The van der Waals surface area contributed by atoms with Crippen molar-refractivity contribution in [3.63, 3.8) is 0 Å². The Morgan fingerprint density at radius 1 is 1.19 bits per heavy atom. The Kier molecular flexibility index (Phi) is 10.5. The second kappa shape index (κ2) is 13.9. The van der Waals surface area contributed by atoms with Crippen LogP contribution in [0, 0.1) is 0 Å². The van der Waals surface area contributed by atoms with E-state index in [0.29, 0.717) is 6.04 Å². The maximum atomic E-state index is 5.45. The average Bonchev–Trinajstić information content (AvgIpc) is 3.28. The summed E-state index contributed by atoms with van der Waals surface area (Å²) in [6.07, 6.45) is 5.87. The van der Waals surface area contributed by atoms with Crippen molar-refractivity contribution in [2.24, 2.45) is 4.99 Å². The number of piperidine rings is 1. The largest absolute Gasteiger partial charge is 0.382 e. The van der Waals surface area contributed by atoms with E-state index < -0.39 is 0 Å². The normalized spacial score (nSPS) is 15.8. The van der Waals surface area contributed by atoms with Crippen molar-refractivity contribution < 1.29 is 4.74 Å². The number of hydrogen-bond donors (Lipinski definition) is 2. The molecule has 0 aliphatic carbocycles. The van der Waals surface area contributed by atoms with Crippen molar-refractivity contribution in [1.29, 1.82) is 0 Å². The van der Waals surface area contributed by atoms with E-state index >= 15 is 0 Å². The second-order valence-corrected chi connectivity index (χ2v) is 8.18. The molecule has 1 aromatic heterocycles. The molecule has 1 saturated heterocycles. The van der Waals surface area contributed by atoms with Crippen LogP contribution in [0.1, 0.15) is 44.5 Å². The first-order valence-corrected chi connectivity index (χ1v) is 12.0. The molecule has 2 aromatic rings. The number of ether oxygens (including phenoxy) is 1. The number of hydrogen-bond acceptors (Lipinski definition) is 5. The first kappa shape index (κ1) is 24.2. The summed E-state index contributed by atoms with van der Waals surface area (Å²) in [4.78, 5) is 7.34. The summed E-state index contributed by atoms with van der Waals surface area (Å²) in [6, 6.07) is 11.2. The Bertz CT molecular complexity index is 785. The van der Waals surface area contributed by atoms with Gasteiger partial charge in [-0.25, -0.2) is 0 Å². The van der Waals surface area contributed by atoms with E-state index in [1.54, 1.807) is 6.33 Å². The molecule has 3 rings (SSSR count). The molecule has 0 bridgehead atoms. The molecule has 1 fully saturated rings. The average molecular weight is 442 g/mol. The molecule has 1 aromatic carbocycles. The Labute approximate surface area is 192 Å². The predicted octanol–water partition coefficient (Wildman–Crippen LogP) is 2.47. The summed E-state index contributed by atoms with van der Waals surface area (Å²) in [5.41, 5.74) is 1.39. The maximum absolute atomic E-state index is 5.45. The summed E-state index contributed by atoms with van der Waals surface area (Å²) >= 11 is 0. The molecular weight excluding hydrogens is 402 g/mol. The van der Waals surface area contributed by atoms with Crippen LogP contribution in [-0.4, -0.2) is 71.1 Å². The Morgan fingerprint density at radius 3 is 2.75 bits per heavy atom. The van der Waals surface area contributed by atoms with Gasteiger partial charge in [0.25, 0.3) is 0 Å². The van der Waals surface area contributed by atoms with Crippen LogP contribution in [0.5, 0.6) is 0 Å². The lowest BCUT2D eigenvalue weighted by atomic mass is 10.0. The lowest BCUT2D eigenvalue weighted by molar-refractivity contribution is 0.146. The van der Waals surface area contributed by atoms with Crippen molar-refractivity contribution in [1.82, 2.24) is 30.3 Å². The van der Waals surface area contributed by atoms with Gasteiger partial charge in [0.05, 0.1) is 0 Å². The molecule has 2 N–H and O–H groups in total. The number of likely N-dealkylation sites (tertiary alicyclic amines) is 1. The standard InChI is InChI=1S/C24H39N7O/c1-3-23-29-27-20-31(23)17-14-26-24(25-13-8-18-32-4-2)28-22-11-15-30(16-12-22)19-21-9-6-5-7-10-21/h5-7,9-10,20,22H,3-4,8,11-19H2,1-2H3,(H2,25,26,28). The molecule has 0 radical (unpaired) electrons. The van der Waals surface area contributed by atoms with Gasteiger partial charge in [0.2, 0.25) is 0 Å². The van der Waals surface area contributed by atoms with Crippen molar-refractivity contribution in [3.05, 3.63) is 48.0 Å². The summed E-state index contributed by atoms with van der Waals surface area (Å²) in [6.45, 7) is 11.2. The second-order valence-electron chi connectivity index (χ2n) is 8.18. The monoisotopic (exact) mass is 441 g/mol. The van der Waals surface area contributed by atoms with E-state index in [2.05, 4.69) is 67.6 Å². The van der Waals surface area contributed by atoms with Gasteiger partial charge < -0.3 is 19.9 Å². The summed E-state index contributed by atoms with van der Waals surface area (Å²) < 4.78 is 7.55. The summed E-state index contributed by atoms with van der Waals surface area (Å²) in [7, 11) is 0. The highest BCUT2D eigenvalue weighted by Gasteiger charge is 2.20. The molecule has 1 aliphatic heterocycles. The number of rotatable bonds is 12.